The van der Waals surface area contributed by atoms with Crippen LogP contribution in [0.15, 0.2) is 29.2 Å². The Bertz CT molecular complexity index is 487. The maximum atomic E-state index is 12.1. The lowest BCUT2D eigenvalue weighted by molar-refractivity contribution is 0.317. The number of rotatable bonds is 4. The van der Waals surface area contributed by atoms with Gasteiger partial charge in [0.15, 0.2) is 0 Å². The smallest absolute Gasteiger partial charge is 0.240 e. The highest BCUT2D eigenvalue weighted by atomic mass is 32.2. The van der Waals surface area contributed by atoms with E-state index in [0.29, 0.717) is 6.54 Å². The Kier molecular flexibility index (Phi) is 4.53. The van der Waals surface area contributed by atoms with E-state index in [9.17, 15) is 8.42 Å². The van der Waals surface area contributed by atoms with E-state index in [-0.39, 0.29) is 16.4 Å². The van der Waals surface area contributed by atoms with E-state index in [4.69, 9.17) is 5.73 Å². The van der Waals surface area contributed by atoms with Crippen molar-refractivity contribution < 1.29 is 8.42 Å². The maximum Gasteiger partial charge on any atom is 0.240 e. The van der Waals surface area contributed by atoms with E-state index in [2.05, 4.69) is 4.72 Å². The molecule has 3 N–H and O–H groups in total. The lowest BCUT2D eigenvalue weighted by Crippen LogP contribution is -2.41. The monoisotopic (exact) mass is 270 g/mol. The second kappa shape index (κ2) is 5.38. The van der Waals surface area contributed by atoms with Gasteiger partial charge in [0, 0.05) is 12.6 Å². The second-order valence-electron chi connectivity index (χ2n) is 5.56. The van der Waals surface area contributed by atoms with E-state index in [0.717, 1.165) is 5.56 Å². The molecule has 0 aliphatic rings. The minimum Gasteiger partial charge on any atom is -0.326 e. The van der Waals surface area contributed by atoms with Crippen molar-refractivity contribution in [3.05, 3.63) is 29.8 Å². The third-order valence-electron chi connectivity index (χ3n) is 3.10. The third kappa shape index (κ3) is 3.80. The molecule has 0 aromatic heterocycles. The van der Waals surface area contributed by atoms with Crippen LogP contribution < -0.4 is 10.5 Å². The molecule has 0 radical (unpaired) electrons. The lowest BCUT2D eigenvalue weighted by atomic mass is 9.89. The summed E-state index contributed by atoms with van der Waals surface area (Å²) in [4.78, 5) is 0.274. The van der Waals surface area contributed by atoms with Crippen LogP contribution in [-0.4, -0.2) is 14.5 Å². The number of hydrogen-bond acceptors (Lipinski definition) is 3. The first-order valence-corrected chi connectivity index (χ1v) is 7.46. The van der Waals surface area contributed by atoms with Gasteiger partial charge in [0.1, 0.15) is 0 Å². The molecule has 4 nitrogen and oxygen atoms in total. The first kappa shape index (κ1) is 15.1. The van der Waals surface area contributed by atoms with Gasteiger partial charge in [-0.05, 0) is 30.0 Å². The summed E-state index contributed by atoms with van der Waals surface area (Å²) in [7, 11) is -3.46. The molecule has 0 saturated heterocycles. The van der Waals surface area contributed by atoms with Crippen LogP contribution in [0.25, 0.3) is 0 Å². The summed E-state index contributed by atoms with van der Waals surface area (Å²) in [6.45, 7) is 8.27. The Morgan fingerprint density at radius 2 is 1.72 bits per heavy atom. The summed E-state index contributed by atoms with van der Waals surface area (Å²) < 4.78 is 27.0. The number of benzene rings is 1. The normalized spacial score (nSPS) is 14.5. The molecule has 0 spiro atoms. The Morgan fingerprint density at radius 1 is 1.22 bits per heavy atom. The van der Waals surface area contributed by atoms with Gasteiger partial charge in [-0.1, -0.05) is 32.9 Å². The molecule has 102 valence electrons. The first-order valence-electron chi connectivity index (χ1n) is 5.98. The van der Waals surface area contributed by atoms with Gasteiger partial charge in [-0.25, -0.2) is 13.1 Å². The van der Waals surface area contributed by atoms with Gasteiger partial charge in [-0.15, -0.1) is 0 Å². The molecule has 18 heavy (non-hydrogen) atoms. The van der Waals surface area contributed by atoms with Crippen LogP contribution in [0.4, 0.5) is 0 Å². The van der Waals surface area contributed by atoms with Gasteiger partial charge in [0.25, 0.3) is 0 Å². The predicted octanol–water partition coefficient (Wildman–Crippen LogP) is 1.86. The van der Waals surface area contributed by atoms with Crippen molar-refractivity contribution in [2.75, 3.05) is 0 Å². The minimum absolute atomic E-state index is 0.121. The van der Waals surface area contributed by atoms with Gasteiger partial charge < -0.3 is 5.73 Å². The number of hydrogen-bond donors (Lipinski definition) is 2. The van der Waals surface area contributed by atoms with Crippen molar-refractivity contribution in [3.8, 4) is 0 Å². The van der Waals surface area contributed by atoms with Crippen molar-refractivity contribution in [2.24, 2.45) is 11.1 Å². The SMILES string of the molecule is CC(NS(=O)(=O)c1ccc(CN)cc1)C(C)(C)C. The minimum atomic E-state index is -3.46. The average molecular weight is 270 g/mol. The Hall–Kier alpha value is -0.910. The van der Waals surface area contributed by atoms with Gasteiger partial charge in [-0.3, -0.25) is 0 Å². The number of nitrogens with two attached hydrogens (primary N) is 1. The predicted molar refractivity (Wildman–Crippen MR) is 73.6 cm³/mol. The standard InChI is InChI=1S/C13H22N2O2S/c1-10(13(2,3)4)15-18(16,17)12-7-5-11(9-14)6-8-12/h5-8,10,15H,9,14H2,1-4H3. The van der Waals surface area contributed by atoms with Crippen LogP contribution in [0.2, 0.25) is 0 Å². The Morgan fingerprint density at radius 3 is 2.11 bits per heavy atom. The molecular weight excluding hydrogens is 248 g/mol. The van der Waals surface area contributed by atoms with Crippen LogP contribution >= 0.6 is 0 Å². The molecule has 1 atom stereocenters. The maximum absolute atomic E-state index is 12.1. The van der Waals surface area contributed by atoms with E-state index in [1.807, 2.05) is 27.7 Å². The highest BCUT2D eigenvalue weighted by Crippen LogP contribution is 2.21. The van der Waals surface area contributed by atoms with Gasteiger partial charge in [0.2, 0.25) is 10.0 Å². The van der Waals surface area contributed by atoms with Crippen molar-refractivity contribution in [2.45, 2.75) is 45.2 Å². The molecule has 0 saturated carbocycles. The molecule has 1 aromatic carbocycles. The van der Waals surface area contributed by atoms with E-state index >= 15 is 0 Å². The van der Waals surface area contributed by atoms with Crippen LogP contribution in [0, 0.1) is 5.41 Å². The molecule has 0 amide bonds. The van der Waals surface area contributed by atoms with Crippen LogP contribution in [0.5, 0.6) is 0 Å². The number of nitrogens with one attached hydrogen (secondary N) is 1. The molecule has 1 rings (SSSR count). The molecule has 1 unspecified atom stereocenters. The van der Waals surface area contributed by atoms with E-state index in [1.165, 1.54) is 0 Å². The van der Waals surface area contributed by atoms with Crippen LogP contribution in [-0.2, 0) is 16.6 Å². The fourth-order valence-corrected chi connectivity index (χ4v) is 2.73. The van der Waals surface area contributed by atoms with Gasteiger partial charge in [-0.2, -0.15) is 0 Å². The molecule has 0 aliphatic carbocycles. The molecule has 0 aliphatic heterocycles. The molecule has 0 fully saturated rings. The zero-order valence-electron chi connectivity index (χ0n) is 11.4. The summed E-state index contributed by atoms with van der Waals surface area (Å²) in [5.41, 5.74) is 6.28. The molecular formula is C13H22N2O2S. The summed E-state index contributed by atoms with van der Waals surface area (Å²) in [6, 6.07) is 6.49. The zero-order valence-corrected chi connectivity index (χ0v) is 12.2. The number of sulfonamides is 1. The summed E-state index contributed by atoms with van der Waals surface area (Å²) in [6.07, 6.45) is 0. The van der Waals surface area contributed by atoms with Crippen molar-refractivity contribution >= 4 is 10.0 Å². The highest BCUT2D eigenvalue weighted by molar-refractivity contribution is 7.89. The van der Waals surface area contributed by atoms with E-state index in [1.54, 1.807) is 24.3 Å². The topological polar surface area (TPSA) is 72.2 Å². The third-order valence-corrected chi connectivity index (χ3v) is 4.66. The Balaban J connectivity index is 2.93. The average Bonchev–Trinajstić information content (AvgIpc) is 2.27. The molecule has 0 bridgehead atoms. The molecule has 5 heteroatoms. The van der Waals surface area contributed by atoms with Crippen LogP contribution in [0.1, 0.15) is 33.3 Å². The highest BCUT2D eigenvalue weighted by Gasteiger charge is 2.25. The zero-order chi connectivity index (χ0) is 14.0. The van der Waals surface area contributed by atoms with Crippen molar-refractivity contribution in [3.63, 3.8) is 0 Å². The van der Waals surface area contributed by atoms with Crippen molar-refractivity contribution in [1.82, 2.24) is 4.72 Å². The summed E-state index contributed by atoms with van der Waals surface area (Å²) in [5, 5.41) is 0. The Labute approximate surface area is 110 Å². The van der Waals surface area contributed by atoms with Crippen molar-refractivity contribution in [1.29, 1.82) is 0 Å². The summed E-state index contributed by atoms with van der Waals surface area (Å²) in [5.74, 6) is 0. The summed E-state index contributed by atoms with van der Waals surface area (Å²) >= 11 is 0. The fraction of sp³-hybridized carbons (Fsp3) is 0.538. The van der Waals surface area contributed by atoms with Gasteiger partial charge >= 0.3 is 0 Å². The van der Waals surface area contributed by atoms with Crippen LogP contribution in [0.3, 0.4) is 0 Å². The fourth-order valence-electron chi connectivity index (χ4n) is 1.28. The first-order chi connectivity index (χ1) is 8.16. The largest absolute Gasteiger partial charge is 0.326 e. The lowest BCUT2D eigenvalue weighted by Gasteiger charge is -2.27. The molecule has 0 heterocycles. The second-order valence-corrected chi connectivity index (χ2v) is 7.27. The van der Waals surface area contributed by atoms with Gasteiger partial charge in [0.05, 0.1) is 4.90 Å². The molecule has 1 aromatic rings. The van der Waals surface area contributed by atoms with E-state index < -0.39 is 10.0 Å². The quantitative estimate of drug-likeness (QED) is 0.877.